The van der Waals surface area contributed by atoms with Crippen LogP contribution in [0.5, 0.6) is 0 Å². The highest BCUT2D eigenvalue weighted by Gasteiger charge is 2.19. The number of anilines is 2. The van der Waals surface area contributed by atoms with Gasteiger partial charge >= 0.3 is 0 Å². The van der Waals surface area contributed by atoms with Crippen LogP contribution in [0.4, 0.5) is 11.5 Å². The van der Waals surface area contributed by atoms with Crippen molar-refractivity contribution in [1.82, 2.24) is 4.98 Å². The minimum atomic E-state index is -0.309. The van der Waals surface area contributed by atoms with Crippen LogP contribution in [0.15, 0.2) is 42.6 Å². The largest absolute Gasteiger partial charge is 0.391 e. The smallest absolute Gasteiger partial charge is 0.257 e. The lowest BCUT2D eigenvalue weighted by Gasteiger charge is -2.30. The Kier molecular flexibility index (Phi) is 4.79. The Morgan fingerprint density at radius 1 is 1.35 bits per heavy atom. The van der Waals surface area contributed by atoms with Crippen LogP contribution in [-0.2, 0) is 0 Å². The van der Waals surface area contributed by atoms with Crippen molar-refractivity contribution in [2.75, 3.05) is 23.3 Å². The van der Waals surface area contributed by atoms with Gasteiger partial charge in [-0.3, -0.25) is 4.79 Å². The first-order chi connectivity index (χ1) is 11.1. The molecule has 0 bridgehead atoms. The average molecular weight is 332 g/mol. The second kappa shape index (κ2) is 6.98. The molecule has 2 N–H and O–H groups in total. The number of halogens is 1. The molecule has 5 nitrogen and oxygen atoms in total. The first-order valence-electron chi connectivity index (χ1n) is 7.58. The normalized spacial score (nSPS) is 17.8. The van der Waals surface area contributed by atoms with Gasteiger partial charge in [-0.25, -0.2) is 4.98 Å². The van der Waals surface area contributed by atoms with E-state index in [0.717, 1.165) is 25.2 Å². The number of nitrogens with zero attached hydrogens (tertiary/aromatic N) is 2. The number of pyridine rings is 1. The van der Waals surface area contributed by atoms with Gasteiger partial charge in [-0.15, -0.1) is 0 Å². The molecule has 120 valence electrons. The number of hydrogen-bond acceptors (Lipinski definition) is 4. The van der Waals surface area contributed by atoms with E-state index >= 15 is 0 Å². The van der Waals surface area contributed by atoms with E-state index in [1.54, 1.807) is 36.5 Å². The molecular formula is C17H18ClN3O2. The van der Waals surface area contributed by atoms with Crippen LogP contribution in [0.2, 0.25) is 5.02 Å². The summed E-state index contributed by atoms with van der Waals surface area (Å²) in [6, 6.07) is 10.5. The summed E-state index contributed by atoms with van der Waals surface area (Å²) in [6.07, 6.45) is 3.02. The summed E-state index contributed by atoms with van der Waals surface area (Å²) in [5.74, 6) is 0.549. The predicted molar refractivity (Wildman–Crippen MR) is 91.1 cm³/mol. The van der Waals surface area contributed by atoms with Gasteiger partial charge in [0.2, 0.25) is 0 Å². The molecule has 1 atom stereocenters. The molecule has 1 aromatic carbocycles. The van der Waals surface area contributed by atoms with Gasteiger partial charge in [0.25, 0.3) is 5.91 Å². The quantitative estimate of drug-likeness (QED) is 0.907. The van der Waals surface area contributed by atoms with Crippen LogP contribution >= 0.6 is 11.6 Å². The van der Waals surface area contributed by atoms with Gasteiger partial charge in [-0.1, -0.05) is 17.7 Å². The van der Waals surface area contributed by atoms with E-state index in [4.69, 9.17) is 11.6 Å². The monoisotopic (exact) mass is 331 g/mol. The fourth-order valence-corrected chi connectivity index (χ4v) is 2.83. The Morgan fingerprint density at radius 3 is 2.91 bits per heavy atom. The van der Waals surface area contributed by atoms with E-state index in [9.17, 15) is 9.90 Å². The molecule has 1 amide bonds. The molecule has 23 heavy (non-hydrogen) atoms. The van der Waals surface area contributed by atoms with Crippen molar-refractivity contribution in [2.45, 2.75) is 18.9 Å². The number of β-amino-alcohol motifs (C(OH)–C–C–N with tert-alkyl or cyclic N) is 1. The van der Waals surface area contributed by atoms with E-state index < -0.39 is 0 Å². The Morgan fingerprint density at radius 2 is 2.22 bits per heavy atom. The minimum absolute atomic E-state index is 0.231. The minimum Gasteiger partial charge on any atom is -0.391 e. The number of carbonyl (C=O) groups is 1. The number of rotatable bonds is 3. The standard InChI is InChI=1S/C17H18ClN3O2/c18-13-3-1-4-14(9-13)20-17(23)12-6-7-16(19-10-12)21-8-2-5-15(22)11-21/h1,3-4,6-7,9-10,15,22H,2,5,8,11H2,(H,20,23)/t15-/m0/s1. The van der Waals surface area contributed by atoms with Crippen molar-refractivity contribution in [1.29, 1.82) is 0 Å². The average Bonchev–Trinajstić information content (AvgIpc) is 2.55. The van der Waals surface area contributed by atoms with Gasteiger partial charge in [0.05, 0.1) is 11.7 Å². The topological polar surface area (TPSA) is 65.5 Å². The number of carbonyl (C=O) groups excluding carboxylic acids is 1. The third kappa shape index (κ3) is 4.00. The Balaban J connectivity index is 1.68. The molecule has 2 heterocycles. The molecule has 0 spiro atoms. The lowest BCUT2D eigenvalue weighted by atomic mass is 10.1. The van der Waals surface area contributed by atoms with Crippen LogP contribution in [0.3, 0.4) is 0 Å². The summed E-state index contributed by atoms with van der Waals surface area (Å²) >= 11 is 5.90. The van der Waals surface area contributed by atoms with Crippen molar-refractivity contribution < 1.29 is 9.90 Å². The van der Waals surface area contributed by atoms with E-state index in [-0.39, 0.29) is 12.0 Å². The van der Waals surface area contributed by atoms with Gasteiger partial charge in [-0.2, -0.15) is 0 Å². The SMILES string of the molecule is O=C(Nc1cccc(Cl)c1)c1ccc(N2CCC[C@H](O)C2)nc1. The van der Waals surface area contributed by atoms with Crippen LogP contribution < -0.4 is 10.2 Å². The molecule has 0 saturated carbocycles. The fourth-order valence-electron chi connectivity index (χ4n) is 2.64. The van der Waals surface area contributed by atoms with Crippen molar-refractivity contribution >= 4 is 29.0 Å². The third-order valence-corrected chi connectivity index (χ3v) is 4.05. The molecule has 1 aliphatic rings. The Bertz CT molecular complexity index is 690. The highest BCUT2D eigenvalue weighted by atomic mass is 35.5. The van der Waals surface area contributed by atoms with Crippen LogP contribution in [-0.4, -0.2) is 35.2 Å². The maximum Gasteiger partial charge on any atom is 0.257 e. The van der Waals surface area contributed by atoms with Gasteiger partial charge in [0.15, 0.2) is 0 Å². The summed E-state index contributed by atoms with van der Waals surface area (Å²) in [4.78, 5) is 18.6. The summed E-state index contributed by atoms with van der Waals surface area (Å²) in [6.45, 7) is 1.46. The predicted octanol–water partition coefficient (Wildman–Crippen LogP) is 2.95. The number of hydrogen-bond donors (Lipinski definition) is 2. The van der Waals surface area contributed by atoms with E-state index in [2.05, 4.69) is 10.3 Å². The number of benzene rings is 1. The second-order valence-electron chi connectivity index (χ2n) is 5.61. The lowest BCUT2D eigenvalue weighted by Crippen LogP contribution is -2.38. The van der Waals surface area contributed by atoms with E-state index in [1.807, 2.05) is 11.0 Å². The molecule has 1 fully saturated rings. The lowest BCUT2D eigenvalue weighted by molar-refractivity contribution is 0.102. The number of aromatic nitrogens is 1. The first-order valence-corrected chi connectivity index (χ1v) is 7.95. The maximum absolute atomic E-state index is 12.2. The summed E-state index contributed by atoms with van der Waals surface area (Å²) in [5, 5.41) is 13.1. The molecule has 0 unspecified atom stereocenters. The van der Waals surface area contributed by atoms with Gasteiger partial charge in [0.1, 0.15) is 5.82 Å². The number of nitrogens with one attached hydrogen (secondary N) is 1. The summed E-state index contributed by atoms with van der Waals surface area (Å²) in [5.41, 5.74) is 1.12. The zero-order chi connectivity index (χ0) is 16.2. The molecule has 1 saturated heterocycles. The van der Waals surface area contributed by atoms with E-state index in [0.29, 0.717) is 22.8 Å². The van der Waals surface area contributed by atoms with Crippen molar-refractivity contribution in [3.8, 4) is 0 Å². The van der Waals surface area contributed by atoms with E-state index in [1.165, 1.54) is 0 Å². The molecule has 3 rings (SSSR count). The Labute approximate surface area is 139 Å². The van der Waals surface area contributed by atoms with Gasteiger partial charge < -0.3 is 15.3 Å². The number of aliphatic hydroxyl groups excluding tert-OH is 1. The molecule has 2 aromatic rings. The number of amides is 1. The van der Waals surface area contributed by atoms with Gasteiger partial charge in [-0.05, 0) is 43.2 Å². The summed E-state index contributed by atoms with van der Waals surface area (Å²) < 4.78 is 0. The van der Waals surface area contributed by atoms with Crippen molar-refractivity contribution in [2.24, 2.45) is 0 Å². The van der Waals surface area contributed by atoms with Crippen LogP contribution in [0.1, 0.15) is 23.2 Å². The molecule has 1 aliphatic heterocycles. The highest BCUT2D eigenvalue weighted by molar-refractivity contribution is 6.30. The highest BCUT2D eigenvalue weighted by Crippen LogP contribution is 2.19. The van der Waals surface area contributed by atoms with Crippen molar-refractivity contribution in [3.63, 3.8) is 0 Å². The maximum atomic E-state index is 12.2. The van der Waals surface area contributed by atoms with Crippen LogP contribution in [0, 0.1) is 0 Å². The fraction of sp³-hybridized carbons (Fsp3) is 0.294. The second-order valence-corrected chi connectivity index (χ2v) is 6.05. The number of aliphatic hydroxyl groups is 1. The first kappa shape index (κ1) is 15.8. The molecular weight excluding hydrogens is 314 g/mol. The molecule has 0 radical (unpaired) electrons. The summed E-state index contributed by atoms with van der Waals surface area (Å²) in [7, 11) is 0. The van der Waals surface area contributed by atoms with Crippen molar-refractivity contribution in [3.05, 3.63) is 53.2 Å². The zero-order valence-electron chi connectivity index (χ0n) is 12.6. The molecule has 6 heteroatoms. The molecule has 0 aliphatic carbocycles. The molecule has 1 aromatic heterocycles. The third-order valence-electron chi connectivity index (χ3n) is 3.81. The van der Waals surface area contributed by atoms with Gasteiger partial charge in [0, 0.05) is 30.0 Å². The number of piperidine rings is 1. The van der Waals surface area contributed by atoms with Crippen LogP contribution in [0.25, 0.3) is 0 Å². The zero-order valence-corrected chi connectivity index (χ0v) is 13.3. The Hall–Kier alpha value is -2.11.